The normalized spacial score (nSPS) is 15.9. The molecule has 1 atom stereocenters. The van der Waals surface area contributed by atoms with Crippen molar-refractivity contribution in [3.8, 4) is 22.3 Å². The van der Waals surface area contributed by atoms with Crippen LogP contribution < -0.4 is 5.32 Å². The van der Waals surface area contributed by atoms with Crippen molar-refractivity contribution in [3.63, 3.8) is 0 Å². The van der Waals surface area contributed by atoms with Gasteiger partial charge in [0.2, 0.25) is 0 Å². The van der Waals surface area contributed by atoms with Crippen LogP contribution in [0.2, 0.25) is 0 Å². The summed E-state index contributed by atoms with van der Waals surface area (Å²) in [7, 11) is 0. The lowest BCUT2D eigenvalue weighted by Crippen LogP contribution is -2.32. The molecule has 2 aliphatic heterocycles. The van der Waals surface area contributed by atoms with Gasteiger partial charge in [-0.1, -0.05) is 133 Å². The van der Waals surface area contributed by atoms with Gasteiger partial charge in [0.05, 0.1) is 5.70 Å². The molecule has 0 saturated carbocycles. The topological polar surface area (TPSA) is 15.3 Å². The van der Waals surface area contributed by atoms with Crippen molar-refractivity contribution in [3.05, 3.63) is 169 Å². The van der Waals surface area contributed by atoms with E-state index in [1.54, 1.807) is 0 Å². The zero-order chi connectivity index (χ0) is 27.2. The minimum atomic E-state index is 0.114. The monoisotopic (exact) mass is 524 g/mol. The first-order valence-electron chi connectivity index (χ1n) is 14.1. The van der Waals surface area contributed by atoms with E-state index in [1.165, 1.54) is 60.5 Å². The van der Waals surface area contributed by atoms with Gasteiger partial charge in [0.25, 0.3) is 0 Å². The number of rotatable bonds is 4. The van der Waals surface area contributed by atoms with Gasteiger partial charge in [-0.25, -0.2) is 0 Å². The molecule has 1 N–H and O–H groups in total. The lowest BCUT2D eigenvalue weighted by molar-refractivity contribution is 0.429. The quantitative estimate of drug-likeness (QED) is 0.231. The van der Waals surface area contributed by atoms with Crippen molar-refractivity contribution >= 4 is 32.8 Å². The van der Waals surface area contributed by atoms with Gasteiger partial charge < -0.3 is 10.2 Å². The molecular formula is C39H28N2. The van der Waals surface area contributed by atoms with Crippen molar-refractivity contribution in [2.45, 2.75) is 6.17 Å². The Labute approximate surface area is 240 Å². The Kier molecular flexibility index (Phi) is 5.56. The van der Waals surface area contributed by atoms with Gasteiger partial charge in [-0.15, -0.1) is 0 Å². The van der Waals surface area contributed by atoms with Gasteiger partial charge in [0, 0.05) is 12.4 Å². The second-order valence-electron chi connectivity index (χ2n) is 10.7. The first-order chi connectivity index (χ1) is 20.3. The molecule has 0 saturated heterocycles. The molecule has 0 radical (unpaired) electrons. The van der Waals surface area contributed by atoms with Crippen molar-refractivity contribution in [1.82, 2.24) is 10.2 Å². The van der Waals surface area contributed by atoms with Crippen molar-refractivity contribution in [2.24, 2.45) is 0 Å². The maximum atomic E-state index is 3.71. The van der Waals surface area contributed by atoms with Gasteiger partial charge in [0.15, 0.2) is 0 Å². The maximum Gasteiger partial charge on any atom is 0.123 e. The number of fused-ring (bicyclic) bond motifs is 3. The molecule has 2 nitrogen and oxygen atoms in total. The Morgan fingerprint density at radius 1 is 0.463 bits per heavy atom. The molecule has 8 rings (SSSR count). The van der Waals surface area contributed by atoms with E-state index < -0.39 is 0 Å². The predicted molar refractivity (Wildman–Crippen MR) is 173 cm³/mol. The van der Waals surface area contributed by atoms with Crippen LogP contribution in [0, 0.1) is 0 Å². The minimum Gasteiger partial charge on any atom is -0.360 e. The van der Waals surface area contributed by atoms with Crippen LogP contribution >= 0.6 is 0 Å². The molecule has 6 aromatic rings. The smallest absolute Gasteiger partial charge is 0.123 e. The van der Waals surface area contributed by atoms with Crippen LogP contribution in [0.5, 0.6) is 0 Å². The van der Waals surface area contributed by atoms with E-state index in [1.807, 2.05) is 0 Å². The Hall–Kier alpha value is -5.34. The summed E-state index contributed by atoms with van der Waals surface area (Å²) < 4.78 is 0. The Morgan fingerprint density at radius 3 is 1.49 bits per heavy atom. The van der Waals surface area contributed by atoms with E-state index in [0.29, 0.717) is 0 Å². The van der Waals surface area contributed by atoms with E-state index in [4.69, 9.17) is 0 Å². The summed E-state index contributed by atoms with van der Waals surface area (Å²) >= 11 is 0. The first kappa shape index (κ1) is 23.5. The standard InChI is InChI=1S/C39H28N2/c1-3-11-27(12-4-1)31-23-24-41-26-36(40-37(41)25-31)28-19-21-30(22-20-28)39-34-17-9-7-15-32(34)38(29-13-5-2-6-14-29)33-16-8-10-18-35(33)39/h1-26,37,40H. The molecule has 1 unspecified atom stereocenters. The highest BCUT2D eigenvalue weighted by Gasteiger charge is 2.24. The fraction of sp³-hybridized carbons (Fsp3) is 0.0256. The van der Waals surface area contributed by atoms with Gasteiger partial charge in [-0.3, -0.25) is 0 Å². The highest BCUT2D eigenvalue weighted by molar-refractivity contribution is 6.21. The summed E-state index contributed by atoms with van der Waals surface area (Å²) in [6.45, 7) is 0. The Bertz CT molecular complexity index is 1940. The summed E-state index contributed by atoms with van der Waals surface area (Å²) in [5, 5.41) is 8.82. The zero-order valence-electron chi connectivity index (χ0n) is 22.5. The SMILES string of the molecule is C1=CN2C=C(c3ccc(-c4c5ccccc5c(-c5ccccc5)c5ccccc45)cc3)NC2C=C1c1ccccc1. The lowest BCUT2D eigenvalue weighted by atomic mass is 9.86. The summed E-state index contributed by atoms with van der Waals surface area (Å²) in [5.74, 6) is 0. The van der Waals surface area contributed by atoms with Crippen LogP contribution in [0.15, 0.2) is 158 Å². The fourth-order valence-corrected chi connectivity index (χ4v) is 6.31. The van der Waals surface area contributed by atoms with Crippen LogP contribution in [0.4, 0.5) is 0 Å². The molecule has 0 aliphatic carbocycles. The average molecular weight is 525 g/mol. The highest BCUT2D eigenvalue weighted by atomic mass is 15.3. The lowest BCUT2D eigenvalue weighted by Gasteiger charge is -2.24. The number of nitrogens with one attached hydrogen (secondary N) is 1. The molecule has 0 bridgehead atoms. The molecule has 2 aliphatic rings. The maximum absolute atomic E-state index is 3.71. The van der Waals surface area contributed by atoms with Crippen LogP contribution in [0.3, 0.4) is 0 Å². The number of hydrogen-bond donors (Lipinski definition) is 1. The highest BCUT2D eigenvalue weighted by Crippen LogP contribution is 2.43. The number of nitrogens with zero attached hydrogens (tertiary/aromatic N) is 1. The second kappa shape index (κ2) is 9.69. The van der Waals surface area contributed by atoms with Crippen molar-refractivity contribution in [1.29, 1.82) is 0 Å². The third-order valence-electron chi connectivity index (χ3n) is 8.25. The molecule has 0 spiro atoms. The van der Waals surface area contributed by atoms with Gasteiger partial charge in [-0.05, 0) is 72.7 Å². The molecule has 41 heavy (non-hydrogen) atoms. The molecule has 0 fully saturated rings. The van der Waals surface area contributed by atoms with Gasteiger partial charge >= 0.3 is 0 Å². The Balaban J connectivity index is 1.18. The van der Waals surface area contributed by atoms with Crippen molar-refractivity contribution < 1.29 is 0 Å². The molecule has 2 heteroatoms. The van der Waals surface area contributed by atoms with E-state index in [9.17, 15) is 0 Å². The molecule has 6 aromatic carbocycles. The largest absolute Gasteiger partial charge is 0.360 e. The van der Waals surface area contributed by atoms with E-state index in [-0.39, 0.29) is 6.17 Å². The minimum absolute atomic E-state index is 0.114. The van der Waals surface area contributed by atoms with E-state index in [2.05, 4.69) is 168 Å². The Morgan fingerprint density at radius 2 is 0.927 bits per heavy atom. The third-order valence-corrected chi connectivity index (χ3v) is 8.25. The van der Waals surface area contributed by atoms with Crippen molar-refractivity contribution in [2.75, 3.05) is 0 Å². The summed E-state index contributed by atoms with van der Waals surface area (Å²) in [6, 6.07) is 48.0. The molecule has 0 aromatic heterocycles. The van der Waals surface area contributed by atoms with Gasteiger partial charge in [-0.2, -0.15) is 0 Å². The number of hydrogen-bond acceptors (Lipinski definition) is 2. The molecule has 2 heterocycles. The van der Waals surface area contributed by atoms with Crippen LogP contribution in [0.1, 0.15) is 11.1 Å². The first-order valence-corrected chi connectivity index (χ1v) is 14.1. The number of allylic oxidation sites excluding steroid dienone is 2. The average Bonchev–Trinajstić information content (AvgIpc) is 3.48. The summed E-state index contributed by atoms with van der Waals surface area (Å²) in [4.78, 5) is 2.24. The predicted octanol–water partition coefficient (Wildman–Crippen LogP) is 9.47. The van der Waals surface area contributed by atoms with E-state index >= 15 is 0 Å². The fourth-order valence-electron chi connectivity index (χ4n) is 6.31. The molecular weight excluding hydrogens is 496 g/mol. The summed E-state index contributed by atoms with van der Waals surface area (Å²) in [5.41, 5.74) is 9.84. The second-order valence-corrected chi connectivity index (χ2v) is 10.7. The number of benzene rings is 6. The summed E-state index contributed by atoms with van der Waals surface area (Å²) in [6.07, 6.45) is 8.95. The van der Waals surface area contributed by atoms with Crippen LogP contribution in [-0.2, 0) is 0 Å². The van der Waals surface area contributed by atoms with Gasteiger partial charge in [0.1, 0.15) is 6.17 Å². The van der Waals surface area contributed by atoms with Crippen LogP contribution in [0.25, 0.3) is 55.1 Å². The zero-order valence-corrected chi connectivity index (χ0v) is 22.5. The molecule has 0 amide bonds. The van der Waals surface area contributed by atoms with E-state index in [0.717, 1.165) is 5.70 Å². The van der Waals surface area contributed by atoms with Crippen LogP contribution in [-0.4, -0.2) is 11.1 Å². The molecule has 194 valence electrons. The third kappa shape index (κ3) is 4.04.